The standard InChI is InChI=1S/C23H33N5O11/c1-8(2)20(36)28(21(37)9(3)4)22-25-18-12(19(35)26-22)24-7-27(18)23(16(34)14(32)11(6-30)39-23)17-15(33)13(31)10(5-29)38-17/h7-11,13-17,29-34H,5-6H2,1-4H3,(H,25,26,35)/t10-,11-,13-,14-,15+,16-,17?,23+/m1/s1. The highest BCUT2D eigenvalue weighted by molar-refractivity contribution is 6.14. The van der Waals surface area contributed by atoms with E-state index in [1.165, 1.54) is 0 Å². The molecule has 2 amide bonds. The van der Waals surface area contributed by atoms with Crippen LogP contribution in [0.4, 0.5) is 5.95 Å². The molecule has 2 saturated heterocycles. The second-order valence-corrected chi connectivity index (χ2v) is 10.3. The number of nitrogens with one attached hydrogen (secondary N) is 1. The minimum Gasteiger partial charge on any atom is -0.394 e. The molecule has 2 fully saturated rings. The lowest BCUT2D eigenvalue weighted by Crippen LogP contribution is -2.58. The summed E-state index contributed by atoms with van der Waals surface area (Å²) < 4.78 is 12.5. The molecule has 0 spiro atoms. The number of hydrogen-bond acceptors (Lipinski definition) is 13. The van der Waals surface area contributed by atoms with Crippen LogP contribution in [-0.2, 0) is 24.8 Å². The van der Waals surface area contributed by atoms with Crippen molar-refractivity contribution in [1.82, 2.24) is 19.5 Å². The Morgan fingerprint density at radius 2 is 1.62 bits per heavy atom. The maximum Gasteiger partial charge on any atom is 0.280 e. The minimum absolute atomic E-state index is 0.323. The van der Waals surface area contributed by atoms with Gasteiger partial charge in [-0.2, -0.15) is 4.98 Å². The summed E-state index contributed by atoms with van der Waals surface area (Å²) in [4.78, 5) is 50.5. The molecule has 0 saturated carbocycles. The van der Waals surface area contributed by atoms with Crippen molar-refractivity contribution in [2.24, 2.45) is 11.8 Å². The number of nitrogens with zero attached hydrogens (tertiary/aromatic N) is 4. The number of imide groups is 1. The van der Waals surface area contributed by atoms with Gasteiger partial charge in [-0.3, -0.25) is 23.9 Å². The van der Waals surface area contributed by atoms with Crippen LogP contribution >= 0.6 is 0 Å². The van der Waals surface area contributed by atoms with Crippen LogP contribution in [0.3, 0.4) is 0 Å². The molecule has 216 valence electrons. The number of hydrogen-bond donors (Lipinski definition) is 7. The van der Waals surface area contributed by atoms with Gasteiger partial charge in [-0.25, -0.2) is 9.88 Å². The molecule has 2 aromatic rings. The van der Waals surface area contributed by atoms with Crippen LogP contribution in [0.25, 0.3) is 11.2 Å². The summed E-state index contributed by atoms with van der Waals surface area (Å²) in [5.74, 6) is -3.09. The van der Waals surface area contributed by atoms with E-state index in [2.05, 4.69) is 15.0 Å². The molecule has 39 heavy (non-hydrogen) atoms. The van der Waals surface area contributed by atoms with Crippen molar-refractivity contribution in [3.8, 4) is 0 Å². The molecule has 8 atom stereocenters. The Hall–Kier alpha value is -2.83. The van der Waals surface area contributed by atoms with Crippen molar-refractivity contribution < 1.29 is 49.7 Å². The Kier molecular flexibility index (Phi) is 7.94. The van der Waals surface area contributed by atoms with Crippen LogP contribution < -0.4 is 10.5 Å². The number of fused-ring (bicyclic) bond motifs is 1. The summed E-state index contributed by atoms with van der Waals surface area (Å²) >= 11 is 0. The van der Waals surface area contributed by atoms with E-state index >= 15 is 0 Å². The zero-order valence-corrected chi connectivity index (χ0v) is 21.7. The van der Waals surface area contributed by atoms with Gasteiger partial charge in [-0.05, 0) is 0 Å². The normalized spacial score (nSPS) is 33.0. The second kappa shape index (κ2) is 10.6. The number of aliphatic hydroxyl groups excluding tert-OH is 6. The van der Waals surface area contributed by atoms with E-state index in [-0.39, 0.29) is 11.2 Å². The van der Waals surface area contributed by atoms with Crippen LogP contribution in [0.2, 0.25) is 0 Å². The molecule has 0 radical (unpaired) electrons. The van der Waals surface area contributed by atoms with E-state index in [9.17, 15) is 45.0 Å². The third kappa shape index (κ3) is 4.46. The van der Waals surface area contributed by atoms with Gasteiger partial charge in [0.1, 0.15) is 42.7 Å². The lowest BCUT2D eigenvalue weighted by molar-refractivity contribution is -0.231. The molecule has 16 heteroatoms. The van der Waals surface area contributed by atoms with E-state index < -0.39 is 96.8 Å². The van der Waals surface area contributed by atoms with E-state index in [4.69, 9.17) is 9.47 Å². The van der Waals surface area contributed by atoms with Crippen molar-refractivity contribution in [2.75, 3.05) is 18.1 Å². The molecule has 2 aliphatic heterocycles. The third-order valence-electron chi connectivity index (χ3n) is 7.01. The highest BCUT2D eigenvalue weighted by Gasteiger charge is 2.66. The van der Waals surface area contributed by atoms with Crippen molar-refractivity contribution in [2.45, 2.75) is 76.1 Å². The van der Waals surface area contributed by atoms with Crippen LogP contribution in [0.5, 0.6) is 0 Å². The van der Waals surface area contributed by atoms with Gasteiger partial charge in [0, 0.05) is 11.8 Å². The molecule has 4 heterocycles. The van der Waals surface area contributed by atoms with Gasteiger partial charge in [0.2, 0.25) is 23.5 Å². The highest BCUT2D eigenvalue weighted by atomic mass is 16.6. The van der Waals surface area contributed by atoms with Crippen LogP contribution in [0.1, 0.15) is 27.7 Å². The van der Waals surface area contributed by atoms with Gasteiger partial charge < -0.3 is 40.1 Å². The predicted octanol–water partition coefficient (Wildman–Crippen LogP) is -3.46. The summed E-state index contributed by atoms with van der Waals surface area (Å²) in [5.41, 5.74) is -3.88. The van der Waals surface area contributed by atoms with Crippen LogP contribution in [-0.4, -0.2) is 118 Å². The molecule has 0 aromatic carbocycles. The van der Waals surface area contributed by atoms with Crippen LogP contribution in [0, 0.1) is 11.8 Å². The van der Waals surface area contributed by atoms with E-state index in [1.54, 1.807) is 27.7 Å². The third-order valence-corrected chi connectivity index (χ3v) is 7.01. The number of carbonyl (C=O) groups is 2. The maximum atomic E-state index is 13.1. The Morgan fingerprint density at radius 3 is 2.10 bits per heavy atom. The second-order valence-electron chi connectivity index (χ2n) is 10.3. The molecule has 1 unspecified atom stereocenters. The zero-order chi connectivity index (χ0) is 29.0. The van der Waals surface area contributed by atoms with Crippen LogP contribution in [0.15, 0.2) is 11.1 Å². The number of amides is 2. The average Bonchev–Trinajstić information content (AvgIpc) is 3.53. The lowest BCUT2D eigenvalue weighted by Gasteiger charge is -2.39. The monoisotopic (exact) mass is 555 g/mol. The summed E-state index contributed by atoms with van der Waals surface area (Å²) in [6.07, 6.45) is -10.5. The number of carbonyl (C=O) groups excluding carboxylic acids is 2. The topological polar surface area (TPSA) is 241 Å². The number of ether oxygens (including phenoxy) is 2. The minimum atomic E-state index is -2.35. The average molecular weight is 556 g/mol. The molecule has 2 aromatic heterocycles. The fraction of sp³-hybridized carbons (Fsp3) is 0.696. The van der Waals surface area contributed by atoms with Crippen molar-refractivity contribution >= 4 is 28.9 Å². The molecule has 4 rings (SSSR count). The summed E-state index contributed by atoms with van der Waals surface area (Å²) in [6, 6.07) is 0. The fourth-order valence-corrected chi connectivity index (χ4v) is 4.88. The Morgan fingerprint density at radius 1 is 1.03 bits per heavy atom. The van der Waals surface area contributed by atoms with Gasteiger partial charge >= 0.3 is 0 Å². The number of imidazole rings is 1. The number of rotatable bonds is 7. The summed E-state index contributed by atoms with van der Waals surface area (Å²) in [5, 5.41) is 62.5. The predicted molar refractivity (Wildman–Crippen MR) is 130 cm³/mol. The first-order valence-corrected chi connectivity index (χ1v) is 12.4. The maximum absolute atomic E-state index is 13.1. The van der Waals surface area contributed by atoms with Crippen molar-refractivity contribution in [3.05, 3.63) is 16.7 Å². The van der Waals surface area contributed by atoms with Crippen molar-refractivity contribution in [1.29, 1.82) is 0 Å². The summed E-state index contributed by atoms with van der Waals surface area (Å²) in [6.45, 7) is 4.72. The first-order chi connectivity index (χ1) is 18.3. The van der Waals surface area contributed by atoms with Gasteiger partial charge in [-0.1, -0.05) is 27.7 Å². The number of H-pyrrole nitrogens is 1. The van der Waals surface area contributed by atoms with Gasteiger partial charge in [0.05, 0.1) is 19.5 Å². The molecule has 16 nitrogen and oxygen atoms in total. The summed E-state index contributed by atoms with van der Waals surface area (Å²) in [7, 11) is 0. The Bertz CT molecular complexity index is 1270. The number of aromatic amines is 1. The van der Waals surface area contributed by atoms with E-state index in [0.29, 0.717) is 0 Å². The smallest absolute Gasteiger partial charge is 0.280 e. The first kappa shape index (κ1) is 29.2. The quantitative estimate of drug-likeness (QED) is 0.176. The molecule has 2 aliphatic rings. The van der Waals surface area contributed by atoms with E-state index in [1.807, 2.05) is 0 Å². The van der Waals surface area contributed by atoms with Gasteiger partial charge in [0.25, 0.3) is 5.56 Å². The molecule has 0 bridgehead atoms. The van der Waals surface area contributed by atoms with E-state index in [0.717, 1.165) is 15.8 Å². The zero-order valence-electron chi connectivity index (χ0n) is 21.7. The molecular weight excluding hydrogens is 522 g/mol. The largest absolute Gasteiger partial charge is 0.394 e. The Balaban J connectivity index is 1.98. The number of aliphatic hydroxyl groups is 6. The molecular formula is C23H33N5O11. The van der Waals surface area contributed by atoms with Crippen molar-refractivity contribution in [3.63, 3.8) is 0 Å². The number of aromatic nitrogens is 4. The Labute approximate surface area is 221 Å². The van der Waals surface area contributed by atoms with Gasteiger partial charge in [0.15, 0.2) is 11.2 Å². The first-order valence-electron chi connectivity index (χ1n) is 12.4. The lowest BCUT2D eigenvalue weighted by atomic mass is 9.92. The fourth-order valence-electron chi connectivity index (χ4n) is 4.88. The molecule has 7 N–H and O–H groups in total. The van der Waals surface area contributed by atoms with Gasteiger partial charge in [-0.15, -0.1) is 0 Å². The number of anilines is 1. The molecule has 0 aliphatic carbocycles. The SMILES string of the molecule is CC(C)C(=O)N(C(=O)C(C)C)c1nc2c(ncn2[C@]2(C3O[C@H](CO)[C@@H](O)[C@@H]3O)O[C@H](CO)[C@@H](O)[C@H]2O)c(=O)[nH]1. The highest BCUT2D eigenvalue weighted by Crippen LogP contribution is 2.45.